The second kappa shape index (κ2) is 8.26. The van der Waals surface area contributed by atoms with Crippen molar-refractivity contribution in [2.45, 2.75) is 11.1 Å². The Hall–Kier alpha value is -2.80. The molecule has 0 atom stereocenters. The predicted octanol–water partition coefficient (Wildman–Crippen LogP) is 5.10. The van der Waals surface area contributed by atoms with Crippen molar-refractivity contribution in [1.82, 2.24) is 5.43 Å². The van der Waals surface area contributed by atoms with Gasteiger partial charge < -0.3 is 0 Å². The van der Waals surface area contributed by atoms with Crippen LogP contribution in [0, 0.1) is 0 Å². The van der Waals surface area contributed by atoms with Gasteiger partial charge in [0.05, 0.1) is 17.5 Å². The smallest absolute Gasteiger partial charge is 0.272 e. The Balaban J connectivity index is 1.54. The first-order valence-corrected chi connectivity index (χ1v) is 9.02. The Kier molecular flexibility index (Phi) is 5.81. The molecular weight excluding hydrogens is 373 g/mol. The lowest BCUT2D eigenvalue weighted by Gasteiger charge is -2.06. The molecule has 0 aliphatic rings. The van der Waals surface area contributed by atoms with Gasteiger partial charge in [0.25, 0.3) is 0 Å². The molecule has 0 saturated heterocycles. The number of nitrogens with zero attached hydrogens (tertiary/aromatic N) is 1. The van der Waals surface area contributed by atoms with E-state index < -0.39 is 11.7 Å². The number of fused-ring (bicyclic) bond motifs is 1. The van der Waals surface area contributed by atoms with Gasteiger partial charge in [-0.05, 0) is 34.5 Å². The lowest BCUT2D eigenvalue weighted by molar-refractivity contribution is -0.137. The Morgan fingerprint density at radius 3 is 2.44 bits per heavy atom. The van der Waals surface area contributed by atoms with Crippen LogP contribution < -0.4 is 5.43 Å². The Labute approximate surface area is 158 Å². The first-order chi connectivity index (χ1) is 12.9. The van der Waals surface area contributed by atoms with E-state index in [1.807, 2.05) is 42.5 Å². The van der Waals surface area contributed by atoms with E-state index in [1.165, 1.54) is 30.1 Å². The molecular formula is C20H15F3N2OS. The standard InChI is InChI=1S/C20H15F3N2OS/c21-20(22,23)16-10-8-14(9-11-16)12-24-25-19(26)13-27-18-7-3-5-15-4-1-2-6-17(15)18/h1-12H,13H2,(H,25,26)/b24-12-. The molecule has 0 heterocycles. The number of rotatable bonds is 5. The van der Waals surface area contributed by atoms with Gasteiger partial charge in [0.2, 0.25) is 5.91 Å². The fraction of sp³-hybridized carbons (Fsp3) is 0.100. The molecule has 0 saturated carbocycles. The maximum atomic E-state index is 12.5. The summed E-state index contributed by atoms with van der Waals surface area (Å²) in [5.74, 6) is -0.116. The summed E-state index contributed by atoms with van der Waals surface area (Å²) < 4.78 is 37.5. The van der Waals surface area contributed by atoms with Gasteiger partial charge in [0.1, 0.15) is 0 Å². The zero-order valence-electron chi connectivity index (χ0n) is 14.0. The quantitative estimate of drug-likeness (QED) is 0.375. The van der Waals surface area contributed by atoms with Crippen molar-refractivity contribution in [3.05, 3.63) is 77.9 Å². The van der Waals surface area contributed by atoms with Gasteiger partial charge in [-0.25, -0.2) is 5.43 Å². The zero-order chi connectivity index (χ0) is 19.3. The van der Waals surface area contributed by atoms with E-state index in [-0.39, 0.29) is 11.7 Å². The monoisotopic (exact) mass is 388 g/mol. The van der Waals surface area contributed by atoms with Gasteiger partial charge in [0, 0.05) is 4.90 Å². The maximum Gasteiger partial charge on any atom is 0.416 e. The molecule has 0 bridgehead atoms. The van der Waals surface area contributed by atoms with Crippen LogP contribution in [-0.2, 0) is 11.0 Å². The van der Waals surface area contributed by atoms with Crippen molar-refractivity contribution in [2.75, 3.05) is 5.75 Å². The third kappa shape index (κ3) is 5.10. The van der Waals surface area contributed by atoms with Crippen LogP contribution in [0.25, 0.3) is 10.8 Å². The van der Waals surface area contributed by atoms with Crippen molar-refractivity contribution in [1.29, 1.82) is 0 Å². The number of thioether (sulfide) groups is 1. The molecule has 27 heavy (non-hydrogen) atoms. The minimum atomic E-state index is -4.37. The highest BCUT2D eigenvalue weighted by atomic mass is 32.2. The molecule has 1 N–H and O–H groups in total. The number of carbonyl (C=O) groups is 1. The SMILES string of the molecule is O=C(CSc1cccc2ccccc12)N/N=C\c1ccc(C(F)(F)F)cc1. The number of amides is 1. The van der Waals surface area contributed by atoms with E-state index in [2.05, 4.69) is 10.5 Å². The molecule has 0 unspecified atom stereocenters. The van der Waals surface area contributed by atoms with Gasteiger partial charge in [-0.3, -0.25) is 4.79 Å². The summed E-state index contributed by atoms with van der Waals surface area (Å²) in [5, 5.41) is 5.96. The summed E-state index contributed by atoms with van der Waals surface area (Å²) in [7, 11) is 0. The largest absolute Gasteiger partial charge is 0.416 e. The summed E-state index contributed by atoms with van der Waals surface area (Å²) in [6, 6.07) is 18.3. The van der Waals surface area contributed by atoms with Crippen molar-refractivity contribution in [2.24, 2.45) is 5.10 Å². The first-order valence-electron chi connectivity index (χ1n) is 8.03. The van der Waals surface area contributed by atoms with E-state index in [9.17, 15) is 18.0 Å². The molecule has 0 aliphatic carbocycles. The number of carbonyl (C=O) groups excluding carboxylic acids is 1. The fourth-order valence-corrected chi connectivity index (χ4v) is 3.30. The predicted molar refractivity (Wildman–Crippen MR) is 102 cm³/mol. The topological polar surface area (TPSA) is 41.5 Å². The maximum absolute atomic E-state index is 12.5. The van der Waals surface area contributed by atoms with Gasteiger partial charge >= 0.3 is 6.18 Å². The molecule has 0 aliphatic heterocycles. The van der Waals surface area contributed by atoms with Crippen LogP contribution >= 0.6 is 11.8 Å². The van der Waals surface area contributed by atoms with Crippen LogP contribution in [0.3, 0.4) is 0 Å². The van der Waals surface area contributed by atoms with E-state index in [1.54, 1.807) is 0 Å². The third-order valence-electron chi connectivity index (χ3n) is 3.75. The van der Waals surface area contributed by atoms with E-state index in [0.29, 0.717) is 5.56 Å². The molecule has 0 aromatic heterocycles. The van der Waals surface area contributed by atoms with Crippen molar-refractivity contribution >= 4 is 34.7 Å². The summed E-state index contributed by atoms with van der Waals surface area (Å²) in [6.07, 6.45) is -3.07. The number of hydrogen-bond donors (Lipinski definition) is 1. The number of halogens is 3. The Bertz CT molecular complexity index is 964. The van der Waals surface area contributed by atoms with Crippen LogP contribution in [0.15, 0.2) is 76.7 Å². The molecule has 0 spiro atoms. The number of hydrazone groups is 1. The molecule has 0 fully saturated rings. The van der Waals surface area contributed by atoms with E-state index in [4.69, 9.17) is 0 Å². The van der Waals surface area contributed by atoms with Crippen LogP contribution in [0.2, 0.25) is 0 Å². The average molecular weight is 388 g/mol. The van der Waals surface area contributed by atoms with Gasteiger partial charge in [-0.15, -0.1) is 11.8 Å². The second-order valence-electron chi connectivity index (χ2n) is 5.68. The summed E-state index contributed by atoms with van der Waals surface area (Å²) in [5.41, 5.74) is 2.12. The molecule has 138 valence electrons. The third-order valence-corrected chi connectivity index (χ3v) is 4.82. The van der Waals surface area contributed by atoms with E-state index in [0.717, 1.165) is 27.8 Å². The minimum absolute atomic E-state index is 0.179. The molecule has 3 rings (SSSR count). The van der Waals surface area contributed by atoms with Gasteiger partial charge in [-0.1, -0.05) is 48.5 Å². The Morgan fingerprint density at radius 1 is 1.00 bits per heavy atom. The van der Waals surface area contributed by atoms with Crippen LogP contribution in [0.1, 0.15) is 11.1 Å². The molecule has 7 heteroatoms. The highest BCUT2D eigenvalue weighted by Gasteiger charge is 2.29. The fourth-order valence-electron chi connectivity index (χ4n) is 2.43. The van der Waals surface area contributed by atoms with Crippen molar-refractivity contribution < 1.29 is 18.0 Å². The van der Waals surface area contributed by atoms with Crippen molar-refractivity contribution in [3.63, 3.8) is 0 Å². The van der Waals surface area contributed by atoms with Gasteiger partial charge in [0.15, 0.2) is 0 Å². The first kappa shape index (κ1) is 19.0. The highest BCUT2D eigenvalue weighted by Crippen LogP contribution is 2.29. The molecule has 3 nitrogen and oxygen atoms in total. The van der Waals surface area contributed by atoms with Gasteiger partial charge in [-0.2, -0.15) is 18.3 Å². The minimum Gasteiger partial charge on any atom is -0.272 e. The molecule has 3 aromatic rings. The van der Waals surface area contributed by atoms with Crippen LogP contribution in [-0.4, -0.2) is 17.9 Å². The summed E-state index contributed by atoms with van der Waals surface area (Å²) >= 11 is 1.40. The number of nitrogens with one attached hydrogen (secondary N) is 1. The Morgan fingerprint density at radius 2 is 1.70 bits per heavy atom. The molecule has 1 amide bonds. The number of alkyl halides is 3. The lowest BCUT2D eigenvalue weighted by atomic mass is 10.1. The van der Waals surface area contributed by atoms with Crippen LogP contribution in [0.5, 0.6) is 0 Å². The summed E-state index contributed by atoms with van der Waals surface area (Å²) in [4.78, 5) is 12.9. The summed E-state index contributed by atoms with van der Waals surface area (Å²) in [6.45, 7) is 0. The van der Waals surface area contributed by atoms with Crippen molar-refractivity contribution in [3.8, 4) is 0 Å². The second-order valence-corrected chi connectivity index (χ2v) is 6.70. The number of benzene rings is 3. The average Bonchev–Trinajstić information content (AvgIpc) is 2.66. The highest BCUT2D eigenvalue weighted by molar-refractivity contribution is 8.00. The molecule has 3 aromatic carbocycles. The number of hydrogen-bond acceptors (Lipinski definition) is 3. The zero-order valence-corrected chi connectivity index (χ0v) is 14.8. The normalized spacial score (nSPS) is 11.8. The molecule has 0 radical (unpaired) electrons. The van der Waals surface area contributed by atoms with E-state index >= 15 is 0 Å². The lowest BCUT2D eigenvalue weighted by Crippen LogP contribution is -2.19. The van der Waals surface area contributed by atoms with Crippen LogP contribution in [0.4, 0.5) is 13.2 Å².